The number of aromatic nitrogens is 1. The quantitative estimate of drug-likeness (QED) is 0.139. The number of carbonyl (C=O) groups excluding carboxylic acids is 1. The Bertz CT molecular complexity index is 647. The third-order valence-electron chi connectivity index (χ3n) is 7.07. The van der Waals surface area contributed by atoms with Crippen LogP contribution < -0.4 is 5.73 Å². The molecule has 0 aliphatic heterocycles. The van der Waals surface area contributed by atoms with Crippen molar-refractivity contribution >= 4 is 17.7 Å². The molecule has 0 saturated carbocycles. The molecule has 4 nitrogen and oxygen atoms in total. The maximum atomic E-state index is 13.1. The van der Waals surface area contributed by atoms with Crippen LogP contribution in [0.3, 0.4) is 0 Å². The van der Waals surface area contributed by atoms with Crippen LogP contribution in [0.25, 0.3) is 0 Å². The fourth-order valence-corrected chi connectivity index (χ4v) is 5.64. The van der Waals surface area contributed by atoms with E-state index in [2.05, 4.69) is 29.8 Å². The summed E-state index contributed by atoms with van der Waals surface area (Å²) in [5.41, 5.74) is 9.30. The van der Waals surface area contributed by atoms with E-state index in [0.29, 0.717) is 18.9 Å². The van der Waals surface area contributed by atoms with Crippen LogP contribution in [0.5, 0.6) is 0 Å². The van der Waals surface area contributed by atoms with Crippen LogP contribution in [-0.4, -0.2) is 34.6 Å². The molecule has 208 valence electrons. The van der Waals surface area contributed by atoms with Crippen molar-refractivity contribution in [3.63, 3.8) is 0 Å². The second-order valence-corrected chi connectivity index (χ2v) is 11.5. The van der Waals surface area contributed by atoms with E-state index < -0.39 is 0 Å². The van der Waals surface area contributed by atoms with E-state index in [4.69, 9.17) is 5.73 Å². The average Bonchev–Trinajstić information content (AvgIpc) is 2.88. The van der Waals surface area contributed by atoms with Crippen LogP contribution in [0.1, 0.15) is 140 Å². The zero-order valence-electron chi connectivity index (χ0n) is 24.0. The molecule has 0 aliphatic carbocycles. The van der Waals surface area contributed by atoms with E-state index in [0.717, 1.165) is 43.1 Å². The Labute approximate surface area is 228 Å². The molecular weight excluding hydrogens is 462 g/mol. The molecular formula is C31H57N3OS. The molecule has 1 aromatic rings. The van der Waals surface area contributed by atoms with Gasteiger partial charge in [0.1, 0.15) is 0 Å². The highest BCUT2D eigenvalue weighted by Crippen LogP contribution is 2.18. The minimum absolute atomic E-state index is 0.342. The summed E-state index contributed by atoms with van der Waals surface area (Å²) in [6, 6.07) is 2.08. The second-order valence-electron chi connectivity index (χ2n) is 10.4. The molecule has 1 aromatic heterocycles. The molecule has 0 fully saturated rings. The smallest absolute Gasteiger partial charge is 0.223 e. The highest BCUT2D eigenvalue weighted by molar-refractivity contribution is 7.98. The number of nitrogens with two attached hydrogens (primary N) is 1. The molecule has 0 aromatic carbocycles. The molecule has 0 unspecified atom stereocenters. The SMILES string of the molecule is CCCCCCCCCCN(CCCCCCCCCC)C(=O)CCSCc1cnc(C)cc1CN. The maximum absolute atomic E-state index is 13.1. The lowest BCUT2D eigenvalue weighted by atomic mass is 10.1. The lowest BCUT2D eigenvalue weighted by molar-refractivity contribution is -0.130. The van der Waals surface area contributed by atoms with Gasteiger partial charge in [-0.15, -0.1) is 0 Å². The summed E-state index contributed by atoms with van der Waals surface area (Å²) in [5, 5.41) is 0. The summed E-state index contributed by atoms with van der Waals surface area (Å²) >= 11 is 1.83. The first-order valence-electron chi connectivity index (χ1n) is 15.1. The van der Waals surface area contributed by atoms with Crippen molar-refractivity contribution in [2.45, 2.75) is 142 Å². The summed E-state index contributed by atoms with van der Waals surface area (Å²) in [5.74, 6) is 2.08. The first-order chi connectivity index (χ1) is 17.6. The van der Waals surface area contributed by atoms with Crippen molar-refractivity contribution in [2.75, 3.05) is 18.8 Å². The average molecular weight is 520 g/mol. The maximum Gasteiger partial charge on any atom is 0.223 e. The fourth-order valence-electron chi connectivity index (χ4n) is 4.70. The number of nitrogens with zero attached hydrogens (tertiary/aromatic N) is 2. The lowest BCUT2D eigenvalue weighted by Crippen LogP contribution is -2.33. The number of thioether (sulfide) groups is 1. The topological polar surface area (TPSA) is 59.2 Å². The number of unbranched alkanes of at least 4 members (excludes halogenated alkanes) is 14. The second kappa shape index (κ2) is 23.1. The largest absolute Gasteiger partial charge is 0.343 e. The van der Waals surface area contributed by atoms with Crippen molar-refractivity contribution in [2.24, 2.45) is 5.73 Å². The van der Waals surface area contributed by atoms with Crippen molar-refractivity contribution < 1.29 is 4.79 Å². The summed E-state index contributed by atoms with van der Waals surface area (Å²) in [6.07, 6.45) is 23.6. The highest BCUT2D eigenvalue weighted by atomic mass is 32.2. The molecule has 2 N–H and O–H groups in total. The standard InChI is InChI=1S/C31H57N3OS/c1-4-6-8-10-12-14-16-18-21-34(22-19-17-15-13-11-9-7-5-2)31(35)20-23-36-27-30-26-33-28(3)24-29(30)25-32/h24,26H,4-23,25,27,32H2,1-3H3. The van der Waals surface area contributed by atoms with Gasteiger partial charge in [-0.05, 0) is 37.0 Å². The predicted octanol–water partition coefficient (Wildman–Crippen LogP) is 8.58. The molecule has 1 amide bonds. The van der Waals surface area contributed by atoms with Gasteiger partial charge in [0.05, 0.1) is 0 Å². The van der Waals surface area contributed by atoms with Gasteiger partial charge in [-0.2, -0.15) is 11.8 Å². The zero-order chi connectivity index (χ0) is 26.3. The molecule has 0 spiro atoms. The number of amides is 1. The molecule has 0 bridgehead atoms. The van der Waals surface area contributed by atoms with Crippen molar-refractivity contribution in [1.82, 2.24) is 9.88 Å². The van der Waals surface area contributed by atoms with Gasteiger partial charge in [-0.3, -0.25) is 9.78 Å². The van der Waals surface area contributed by atoms with Gasteiger partial charge < -0.3 is 10.6 Å². The number of rotatable bonds is 24. The minimum atomic E-state index is 0.342. The molecule has 0 saturated heterocycles. The van der Waals surface area contributed by atoms with Gasteiger partial charge in [0, 0.05) is 49.5 Å². The monoisotopic (exact) mass is 519 g/mol. The van der Waals surface area contributed by atoms with Gasteiger partial charge >= 0.3 is 0 Å². The first-order valence-corrected chi connectivity index (χ1v) is 16.3. The highest BCUT2D eigenvalue weighted by Gasteiger charge is 2.13. The van der Waals surface area contributed by atoms with Crippen LogP contribution in [-0.2, 0) is 17.1 Å². The van der Waals surface area contributed by atoms with E-state index >= 15 is 0 Å². The van der Waals surface area contributed by atoms with Crippen LogP contribution in [0.4, 0.5) is 0 Å². The molecule has 36 heavy (non-hydrogen) atoms. The van der Waals surface area contributed by atoms with E-state index in [1.54, 1.807) is 0 Å². The van der Waals surface area contributed by atoms with Gasteiger partial charge in [0.25, 0.3) is 0 Å². The van der Waals surface area contributed by atoms with Crippen LogP contribution in [0.15, 0.2) is 12.3 Å². The van der Waals surface area contributed by atoms with E-state index in [-0.39, 0.29) is 0 Å². The van der Waals surface area contributed by atoms with Crippen molar-refractivity contribution in [1.29, 1.82) is 0 Å². The Morgan fingerprint density at radius 3 is 1.81 bits per heavy atom. The predicted molar refractivity (Wildman–Crippen MR) is 159 cm³/mol. The van der Waals surface area contributed by atoms with Crippen LogP contribution in [0, 0.1) is 6.92 Å². The van der Waals surface area contributed by atoms with E-state index in [9.17, 15) is 4.79 Å². The number of hydrogen-bond acceptors (Lipinski definition) is 4. The zero-order valence-corrected chi connectivity index (χ0v) is 24.8. The first kappa shape index (κ1) is 33.0. The third kappa shape index (κ3) is 16.6. The van der Waals surface area contributed by atoms with Crippen molar-refractivity contribution in [3.05, 3.63) is 29.1 Å². The molecule has 0 aliphatic rings. The Hall–Kier alpha value is -1.07. The van der Waals surface area contributed by atoms with Crippen molar-refractivity contribution in [3.8, 4) is 0 Å². The molecule has 5 heteroatoms. The summed E-state index contributed by atoms with van der Waals surface area (Å²) in [6.45, 7) is 8.97. The van der Waals surface area contributed by atoms with Gasteiger partial charge in [-0.1, -0.05) is 104 Å². The Morgan fingerprint density at radius 1 is 0.806 bits per heavy atom. The third-order valence-corrected chi connectivity index (χ3v) is 8.08. The summed E-state index contributed by atoms with van der Waals surface area (Å²) in [7, 11) is 0. The fraction of sp³-hybridized carbons (Fsp3) is 0.806. The van der Waals surface area contributed by atoms with Crippen LogP contribution in [0.2, 0.25) is 0 Å². The molecule has 1 rings (SSSR count). The molecule has 0 atom stereocenters. The number of hydrogen-bond donors (Lipinski definition) is 1. The number of pyridine rings is 1. The molecule has 0 radical (unpaired) electrons. The van der Waals surface area contributed by atoms with Gasteiger partial charge in [0.15, 0.2) is 0 Å². The Balaban J connectivity index is 2.36. The van der Waals surface area contributed by atoms with E-state index in [1.165, 1.54) is 101 Å². The van der Waals surface area contributed by atoms with Gasteiger partial charge in [-0.25, -0.2) is 0 Å². The number of aryl methyl sites for hydroxylation is 1. The minimum Gasteiger partial charge on any atom is -0.343 e. The number of carbonyl (C=O) groups is 1. The lowest BCUT2D eigenvalue weighted by Gasteiger charge is -2.23. The summed E-state index contributed by atoms with van der Waals surface area (Å²) < 4.78 is 0. The normalized spacial score (nSPS) is 11.2. The van der Waals surface area contributed by atoms with Crippen LogP contribution >= 0.6 is 11.8 Å². The van der Waals surface area contributed by atoms with Gasteiger partial charge in [0.2, 0.25) is 5.91 Å². The Kier molecular flexibility index (Phi) is 21.1. The molecule has 1 heterocycles. The Morgan fingerprint density at radius 2 is 1.31 bits per heavy atom. The summed E-state index contributed by atoms with van der Waals surface area (Å²) in [4.78, 5) is 19.7. The van der Waals surface area contributed by atoms with E-state index in [1.807, 2.05) is 24.9 Å².